The molecular weight excluding hydrogens is 424 g/mol. The molecule has 4 rings (SSSR count). The van der Waals surface area contributed by atoms with Gasteiger partial charge in [0.15, 0.2) is 0 Å². The van der Waals surface area contributed by atoms with E-state index in [1.54, 1.807) is 12.1 Å². The molecule has 6 nitrogen and oxygen atoms in total. The van der Waals surface area contributed by atoms with Crippen molar-refractivity contribution in [2.75, 3.05) is 15.5 Å². The zero-order chi connectivity index (χ0) is 23.2. The van der Waals surface area contributed by atoms with Gasteiger partial charge in [-0.3, -0.25) is 0 Å². The van der Waals surface area contributed by atoms with Crippen LogP contribution in [0.15, 0.2) is 91.1 Å². The van der Waals surface area contributed by atoms with Crippen LogP contribution in [0, 0.1) is 11.6 Å². The Morgan fingerprint density at radius 2 is 1.67 bits per heavy atom. The van der Waals surface area contributed by atoms with E-state index >= 15 is 0 Å². The fourth-order valence-electron chi connectivity index (χ4n) is 3.25. The lowest BCUT2D eigenvalue weighted by Gasteiger charge is -2.23. The van der Waals surface area contributed by atoms with Crippen molar-refractivity contribution in [2.45, 2.75) is 13.0 Å². The second-order valence-corrected chi connectivity index (χ2v) is 7.27. The van der Waals surface area contributed by atoms with Crippen LogP contribution in [0.3, 0.4) is 0 Å². The number of amides is 2. The Labute approximate surface area is 189 Å². The third-order valence-electron chi connectivity index (χ3n) is 4.88. The molecule has 33 heavy (non-hydrogen) atoms. The average Bonchev–Trinajstić information content (AvgIpc) is 2.81. The molecule has 0 fully saturated rings. The summed E-state index contributed by atoms with van der Waals surface area (Å²) >= 11 is 0. The number of urea groups is 1. The molecule has 0 saturated heterocycles. The van der Waals surface area contributed by atoms with Crippen LogP contribution in [0.25, 0.3) is 0 Å². The minimum Gasteiger partial charge on any atom is -0.348 e. The molecular formula is C25H21F2N5O. The third-order valence-corrected chi connectivity index (χ3v) is 4.88. The molecule has 8 heteroatoms. The van der Waals surface area contributed by atoms with Gasteiger partial charge in [-0.15, -0.1) is 0 Å². The maximum atomic E-state index is 13.6. The number of aromatic nitrogens is 2. The fourth-order valence-corrected chi connectivity index (χ4v) is 3.25. The molecule has 166 valence electrons. The summed E-state index contributed by atoms with van der Waals surface area (Å²) in [4.78, 5) is 23.2. The third kappa shape index (κ3) is 5.48. The summed E-state index contributed by atoms with van der Waals surface area (Å²) in [5.41, 5.74) is 1.70. The van der Waals surface area contributed by atoms with E-state index in [1.165, 1.54) is 53.6 Å². The van der Waals surface area contributed by atoms with E-state index in [0.29, 0.717) is 11.6 Å². The van der Waals surface area contributed by atoms with Crippen LogP contribution in [0.4, 0.5) is 36.7 Å². The van der Waals surface area contributed by atoms with Crippen LogP contribution in [0.2, 0.25) is 0 Å². The van der Waals surface area contributed by atoms with Gasteiger partial charge in [0.05, 0.1) is 11.7 Å². The highest BCUT2D eigenvalue weighted by atomic mass is 19.1. The van der Waals surface area contributed by atoms with E-state index in [-0.39, 0.29) is 17.5 Å². The van der Waals surface area contributed by atoms with E-state index in [4.69, 9.17) is 0 Å². The monoisotopic (exact) mass is 445 g/mol. The minimum absolute atomic E-state index is 0.0816. The zero-order valence-electron chi connectivity index (χ0n) is 17.7. The van der Waals surface area contributed by atoms with Crippen molar-refractivity contribution in [3.05, 3.63) is 108 Å². The van der Waals surface area contributed by atoms with Gasteiger partial charge >= 0.3 is 6.03 Å². The molecule has 1 unspecified atom stereocenters. The van der Waals surface area contributed by atoms with Crippen molar-refractivity contribution in [1.82, 2.24) is 9.97 Å². The van der Waals surface area contributed by atoms with Crippen molar-refractivity contribution in [3.8, 4) is 0 Å². The number of carbonyl (C=O) groups excluding carboxylic acids is 1. The highest BCUT2D eigenvalue weighted by molar-refractivity contribution is 6.06. The largest absolute Gasteiger partial charge is 0.348 e. The van der Waals surface area contributed by atoms with Crippen molar-refractivity contribution >= 4 is 29.2 Å². The number of carbonyl (C=O) groups is 1. The number of benzene rings is 3. The molecule has 2 N–H and O–H groups in total. The Balaban J connectivity index is 1.64. The molecule has 1 heterocycles. The number of hydrogen-bond donors (Lipinski definition) is 2. The van der Waals surface area contributed by atoms with Crippen LogP contribution < -0.4 is 15.5 Å². The molecule has 2 amide bonds. The van der Waals surface area contributed by atoms with Gasteiger partial charge in [0, 0.05) is 18.0 Å². The number of nitrogens with zero attached hydrogens (tertiary/aromatic N) is 3. The first-order valence-electron chi connectivity index (χ1n) is 10.3. The SMILES string of the molecule is CC(Nc1nccc(N(C(=O)Nc2cccc(F)c2)c2ccc(F)cc2)n1)c1ccccc1. The molecule has 0 aliphatic carbocycles. The molecule has 0 radical (unpaired) electrons. The van der Waals surface area contributed by atoms with Crippen LogP contribution in [-0.2, 0) is 0 Å². The van der Waals surface area contributed by atoms with Crippen molar-refractivity contribution in [3.63, 3.8) is 0 Å². The Morgan fingerprint density at radius 3 is 2.39 bits per heavy atom. The predicted molar refractivity (Wildman–Crippen MR) is 124 cm³/mol. The number of nitrogens with one attached hydrogen (secondary N) is 2. The highest BCUT2D eigenvalue weighted by Gasteiger charge is 2.21. The van der Waals surface area contributed by atoms with E-state index in [9.17, 15) is 13.6 Å². The van der Waals surface area contributed by atoms with Gasteiger partial charge in [-0.2, -0.15) is 4.98 Å². The minimum atomic E-state index is -0.590. The smallest absolute Gasteiger partial charge is 0.332 e. The molecule has 1 aromatic heterocycles. The second-order valence-electron chi connectivity index (χ2n) is 7.27. The van der Waals surface area contributed by atoms with E-state index in [1.807, 2.05) is 37.3 Å². The number of anilines is 4. The highest BCUT2D eigenvalue weighted by Crippen LogP contribution is 2.27. The van der Waals surface area contributed by atoms with Gasteiger partial charge in [-0.05, 0) is 55.0 Å². The van der Waals surface area contributed by atoms with Crippen LogP contribution in [0.1, 0.15) is 18.5 Å². The lowest BCUT2D eigenvalue weighted by molar-refractivity contribution is 0.259. The average molecular weight is 445 g/mol. The summed E-state index contributed by atoms with van der Waals surface area (Å²) in [5, 5.41) is 5.87. The number of hydrogen-bond acceptors (Lipinski definition) is 4. The molecule has 0 aliphatic rings. The molecule has 4 aromatic rings. The Bertz CT molecular complexity index is 1240. The van der Waals surface area contributed by atoms with Gasteiger partial charge in [0.2, 0.25) is 5.95 Å². The molecule has 0 spiro atoms. The quantitative estimate of drug-likeness (QED) is 0.366. The zero-order valence-corrected chi connectivity index (χ0v) is 17.7. The van der Waals surface area contributed by atoms with Crippen LogP contribution in [-0.4, -0.2) is 16.0 Å². The molecule has 0 saturated carbocycles. The first-order chi connectivity index (χ1) is 16.0. The standard InChI is InChI=1S/C25H21F2N5O/c1-17(18-6-3-2-4-7-18)29-24-28-15-14-23(31-24)32(22-12-10-19(26)11-13-22)25(33)30-21-9-5-8-20(27)16-21/h2-17H,1H3,(H,30,33)(H,28,29,31). The maximum absolute atomic E-state index is 13.6. The summed E-state index contributed by atoms with van der Waals surface area (Å²) in [6.07, 6.45) is 1.52. The molecule has 0 aliphatic heterocycles. The normalized spacial score (nSPS) is 11.5. The number of halogens is 2. The predicted octanol–water partition coefficient (Wildman–Crippen LogP) is 6.30. The Morgan fingerprint density at radius 1 is 0.909 bits per heavy atom. The maximum Gasteiger partial charge on any atom is 0.332 e. The van der Waals surface area contributed by atoms with Gasteiger partial charge < -0.3 is 10.6 Å². The molecule has 0 bridgehead atoms. The first kappa shape index (κ1) is 21.9. The number of rotatable bonds is 6. The van der Waals surface area contributed by atoms with Gasteiger partial charge in [-0.25, -0.2) is 23.5 Å². The summed E-state index contributed by atoms with van der Waals surface area (Å²) in [7, 11) is 0. The Kier molecular flexibility index (Phi) is 6.54. The van der Waals surface area contributed by atoms with Gasteiger partial charge in [0.25, 0.3) is 0 Å². The van der Waals surface area contributed by atoms with Crippen molar-refractivity contribution < 1.29 is 13.6 Å². The van der Waals surface area contributed by atoms with E-state index < -0.39 is 17.7 Å². The molecule has 1 atom stereocenters. The lowest BCUT2D eigenvalue weighted by atomic mass is 10.1. The van der Waals surface area contributed by atoms with Crippen molar-refractivity contribution in [1.29, 1.82) is 0 Å². The molecule has 3 aromatic carbocycles. The summed E-state index contributed by atoms with van der Waals surface area (Å²) in [6, 6.07) is 21.6. The van der Waals surface area contributed by atoms with Crippen molar-refractivity contribution in [2.24, 2.45) is 0 Å². The van der Waals surface area contributed by atoms with E-state index in [2.05, 4.69) is 20.6 Å². The van der Waals surface area contributed by atoms with Crippen LogP contribution in [0.5, 0.6) is 0 Å². The lowest BCUT2D eigenvalue weighted by Crippen LogP contribution is -2.31. The summed E-state index contributed by atoms with van der Waals surface area (Å²) in [6.45, 7) is 1.97. The second kappa shape index (κ2) is 9.86. The van der Waals surface area contributed by atoms with Gasteiger partial charge in [0.1, 0.15) is 17.5 Å². The topological polar surface area (TPSA) is 70.2 Å². The van der Waals surface area contributed by atoms with Gasteiger partial charge in [-0.1, -0.05) is 36.4 Å². The van der Waals surface area contributed by atoms with Crippen LogP contribution >= 0.6 is 0 Å². The summed E-state index contributed by atoms with van der Waals surface area (Å²) in [5.74, 6) is -0.349. The summed E-state index contributed by atoms with van der Waals surface area (Å²) < 4.78 is 27.1. The first-order valence-corrected chi connectivity index (χ1v) is 10.3. The fraction of sp³-hybridized carbons (Fsp3) is 0.0800. The Hall–Kier alpha value is -4.33. The van der Waals surface area contributed by atoms with E-state index in [0.717, 1.165) is 5.56 Å².